The first-order valence-corrected chi connectivity index (χ1v) is 12.4. The van der Waals surface area contributed by atoms with Crippen molar-refractivity contribution >= 4 is 33.7 Å². The summed E-state index contributed by atoms with van der Waals surface area (Å²) in [7, 11) is -3.55. The molecule has 2 aliphatic rings. The molecule has 0 atom stereocenters. The number of amides is 3. The number of hydrogen-bond donors (Lipinski definition) is 2. The fourth-order valence-electron chi connectivity index (χ4n) is 3.61. The molecule has 2 aromatic carbocycles. The van der Waals surface area contributed by atoms with Crippen LogP contribution in [0.2, 0.25) is 0 Å². The van der Waals surface area contributed by atoms with Gasteiger partial charge < -0.3 is 14.8 Å². The van der Waals surface area contributed by atoms with Crippen LogP contribution >= 0.6 is 0 Å². The molecule has 3 amide bonds. The lowest BCUT2D eigenvalue weighted by Crippen LogP contribution is -2.51. The van der Waals surface area contributed by atoms with E-state index in [1.54, 1.807) is 29.2 Å². The second-order valence-electron chi connectivity index (χ2n) is 7.79. The fourth-order valence-corrected chi connectivity index (χ4v) is 4.78. The normalized spacial score (nSPS) is 16.8. The lowest BCUT2D eigenvalue weighted by Gasteiger charge is -2.32. The predicted molar refractivity (Wildman–Crippen MR) is 127 cm³/mol. The average Bonchev–Trinajstić information content (AvgIpc) is 2.83. The molecule has 0 bridgehead atoms. The number of ether oxygens (including phenoxy) is 2. The Morgan fingerprint density at radius 2 is 1.65 bits per heavy atom. The summed E-state index contributed by atoms with van der Waals surface area (Å²) in [5.41, 5.74) is 1.27. The lowest BCUT2D eigenvalue weighted by atomic mass is 10.2. The number of piperazine rings is 1. The lowest BCUT2D eigenvalue weighted by molar-refractivity contribution is -0.121. The van der Waals surface area contributed by atoms with E-state index in [9.17, 15) is 18.0 Å². The van der Waals surface area contributed by atoms with E-state index >= 15 is 0 Å². The highest BCUT2D eigenvalue weighted by molar-refractivity contribution is 7.92. The molecule has 10 nitrogen and oxygen atoms in total. The van der Waals surface area contributed by atoms with Crippen molar-refractivity contribution in [3.8, 4) is 11.5 Å². The van der Waals surface area contributed by atoms with Crippen LogP contribution in [0.4, 0.5) is 10.5 Å². The van der Waals surface area contributed by atoms with E-state index in [0.717, 1.165) is 5.56 Å². The fraction of sp³-hybridized carbons (Fsp3) is 0.304. The third kappa shape index (κ3) is 6.34. The van der Waals surface area contributed by atoms with Crippen molar-refractivity contribution in [3.63, 3.8) is 0 Å². The van der Waals surface area contributed by atoms with Gasteiger partial charge in [0.2, 0.25) is 15.9 Å². The van der Waals surface area contributed by atoms with Crippen LogP contribution in [0.3, 0.4) is 0 Å². The molecule has 180 valence electrons. The summed E-state index contributed by atoms with van der Waals surface area (Å²) >= 11 is 0. The summed E-state index contributed by atoms with van der Waals surface area (Å²) in [5, 5.41) is 6.09. The number of imide groups is 1. The summed E-state index contributed by atoms with van der Waals surface area (Å²) in [6.45, 7) is 2.18. The number of carbonyl (C=O) groups excluding carboxylic acids is 2. The van der Waals surface area contributed by atoms with E-state index in [0.29, 0.717) is 43.5 Å². The molecule has 0 spiro atoms. The van der Waals surface area contributed by atoms with Crippen LogP contribution < -0.4 is 20.1 Å². The summed E-state index contributed by atoms with van der Waals surface area (Å²) in [4.78, 5) is 26.3. The number of benzene rings is 2. The average molecular weight is 487 g/mol. The van der Waals surface area contributed by atoms with Crippen molar-refractivity contribution in [2.45, 2.75) is 0 Å². The molecule has 34 heavy (non-hydrogen) atoms. The molecule has 2 N–H and O–H groups in total. The molecule has 2 heterocycles. The van der Waals surface area contributed by atoms with Gasteiger partial charge in [-0.05, 0) is 23.8 Å². The molecule has 0 radical (unpaired) electrons. The van der Waals surface area contributed by atoms with Crippen LogP contribution in [0.25, 0.3) is 6.08 Å². The summed E-state index contributed by atoms with van der Waals surface area (Å²) in [5.74, 6) is 0.655. The van der Waals surface area contributed by atoms with Gasteiger partial charge in [-0.25, -0.2) is 13.2 Å². The highest BCUT2D eigenvalue weighted by Crippen LogP contribution is 2.32. The largest absolute Gasteiger partial charge is 0.486 e. The molecule has 1 saturated heterocycles. The Morgan fingerprint density at radius 1 is 0.941 bits per heavy atom. The minimum Gasteiger partial charge on any atom is -0.486 e. The summed E-state index contributed by atoms with van der Waals surface area (Å²) in [6.07, 6.45) is 1.56. The maximum absolute atomic E-state index is 12.6. The number of urea groups is 1. The number of nitrogens with zero attached hydrogens (tertiary/aromatic N) is 2. The zero-order valence-corrected chi connectivity index (χ0v) is 19.3. The topological polar surface area (TPSA) is 117 Å². The first-order chi connectivity index (χ1) is 16.4. The van der Waals surface area contributed by atoms with E-state index in [2.05, 4.69) is 10.6 Å². The predicted octanol–water partition coefficient (Wildman–Crippen LogP) is 1.72. The Labute approximate surface area is 198 Å². The number of carbonyl (C=O) groups is 2. The van der Waals surface area contributed by atoms with Crippen molar-refractivity contribution < 1.29 is 27.5 Å². The first-order valence-electron chi connectivity index (χ1n) is 10.9. The van der Waals surface area contributed by atoms with Crippen LogP contribution in [0, 0.1) is 0 Å². The third-order valence-electron chi connectivity index (χ3n) is 5.34. The smallest absolute Gasteiger partial charge is 0.325 e. The molecule has 0 aromatic heterocycles. The minimum absolute atomic E-state index is 0.0116. The van der Waals surface area contributed by atoms with Crippen molar-refractivity contribution in [2.24, 2.45) is 0 Å². The van der Waals surface area contributed by atoms with Gasteiger partial charge >= 0.3 is 6.03 Å². The van der Waals surface area contributed by atoms with Gasteiger partial charge in [0, 0.05) is 43.3 Å². The van der Waals surface area contributed by atoms with Gasteiger partial charge in [0.15, 0.2) is 11.5 Å². The zero-order chi connectivity index (χ0) is 24.0. The molecular weight excluding hydrogens is 460 g/mol. The van der Waals surface area contributed by atoms with E-state index in [4.69, 9.17) is 9.47 Å². The van der Waals surface area contributed by atoms with Crippen LogP contribution in [-0.4, -0.2) is 75.5 Å². The molecule has 4 rings (SSSR count). The van der Waals surface area contributed by atoms with Crippen LogP contribution in [0.15, 0.2) is 53.9 Å². The van der Waals surface area contributed by atoms with Gasteiger partial charge in [-0.2, -0.15) is 4.31 Å². The van der Waals surface area contributed by atoms with Gasteiger partial charge in [0.1, 0.15) is 13.2 Å². The number of rotatable bonds is 6. The van der Waals surface area contributed by atoms with Crippen molar-refractivity contribution in [3.05, 3.63) is 59.5 Å². The van der Waals surface area contributed by atoms with E-state index in [1.165, 1.54) is 9.71 Å². The third-order valence-corrected chi connectivity index (χ3v) is 6.91. The van der Waals surface area contributed by atoms with Crippen LogP contribution in [0.5, 0.6) is 11.5 Å². The molecule has 1 fully saturated rings. The standard InChI is InChI=1S/C23H26N4O6S/c28-22(25-23(29)24-19-6-7-20-21(16-19)33-14-13-32-20)17-26-9-11-27(12-10-26)34(30,31)15-8-18-4-2-1-3-5-18/h1-8,15-16H,9-14,17H2,(H2,24,25,28,29). The van der Waals surface area contributed by atoms with Gasteiger partial charge in [-0.1, -0.05) is 30.3 Å². The number of anilines is 1. The monoisotopic (exact) mass is 486 g/mol. The van der Waals surface area contributed by atoms with E-state index in [1.807, 2.05) is 30.3 Å². The molecule has 0 unspecified atom stereocenters. The number of nitrogens with one attached hydrogen (secondary N) is 2. The molecular formula is C23H26N4O6S. The van der Waals surface area contributed by atoms with E-state index in [-0.39, 0.29) is 19.6 Å². The van der Waals surface area contributed by atoms with Crippen LogP contribution in [-0.2, 0) is 14.8 Å². The number of hydrogen-bond acceptors (Lipinski definition) is 7. The molecule has 0 aliphatic carbocycles. The Morgan fingerprint density at radius 3 is 2.38 bits per heavy atom. The maximum Gasteiger partial charge on any atom is 0.325 e. The van der Waals surface area contributed by atoms with Gasteiger partial charge in [-0.15, -0.1) is 0 Å². The maximum atomic E-state index is 12.6. The first kappa shape index (κ1) is 23.7. The van der Waals surface area contributed by atoms with E-state index < -0.39 is 22.0 Å². The molecule has 0 saturated carbocycles. The second-order valence-corrected chi connectivity index (χ2v) is 9.61. The zero-order valence-electron chi connectivity index (χ0n) is 18.5. The Kier molecular flexibility index (Phi) is 7.46. The summed E-state index contributed by atoms with van der Waals surface area (Å²) < 4.78 is 37.4. The highest BCUT2D eigenvalue weighted by Gasteiger charge is 2.26. The van der Waals surface area contributed by atoms with Crippen molar-refractivity contribution in [2.75, 3.05) is 51.3 Å². The van der Waals surface area contributed by atoms with Gasteiger partial charge in [-0.3, -0.25) is 15.0 Å². The molecule has 2 aromatic rings. The highest BCUT2D eigenvalue weighted by atomic mass is 32.2. The van der Waals surface area contributed by atoms with Gasteiger partial charge in [0.25, 0.3) is 0 Å². The second kappa shape index (κ2) is 10.7. The number of fused-ring (bicyclic) bond motifs is 1. The minimum atomic E-state index is -3.55. The number of sulfonamides is 1. The Bertz CT molecular complexity index is 1160. The summed E-state index contributed by atoms with van der Waals surface area (Å²) in [6, 6.07) is 13.5. The Balaban J connectivity index is 1.22. The SMILES string of the molecule is O=C(CN1CCN(S(=O)(=O)C=Cc2ccccc2)CC1)NC(=O)Nc1ccc2c(c1)OCCO2. The quantitative estimate of drug-likeness (QED) is 0.639. The van der Waals surface area contributed by atoms with Crippen molar-refractivity contribution in [1.29, 1.82) is 0 Å². The molecule has 2 aliphatic heterocycles. The molecule has 11 heteroatoms. The Hall–Kier alpha value is -3.41. The van der Waals surface area contributed by atoms with Crippen molar-refractivity contribution in [1.82, 2.24) is 14.5 Å². The van der Waals surface area contributed by atoms with Crippen LogP contribution in [0.1, 0.15) is 5.56 Å². The van der Waals surface area contributed by atoms with Gasteiger partial charge in [0.05, 0.1) is 6.54 Å².